The number of anilines is 1. The fourth-order valence-corrected chi connectivity index (χ4v) is 5.04. The highest BCUT2D eigenvalue weighted by Gasteiger charge is 2.25. The Hall–Kier alpha value is -3.83. The zero-order valence-corrected chi connectivity index (χ0v) is 23.5. The van der Waals surface area contributed by atoms with Crippen LogP contribution in [-0.4, -0.2) is 62.1 Å². The molecule has 206 valence electrons. The summed E-state index contributed by atoms with van der Waals surface area (Å²) in [5, 5.41) is 5.32. The summed E-state index contributed by atoms with van der Waals surface area (Å²) in [5.74, 6) is -1.49. The van der Waals surface area contributed by atoms with E-state index in [1.54, 1.807) is 37.3 Å². The number of para-hydroxylation sites is 1. The molecule has 0 fully saturated rings. The van der Waals surface area contributed by atoms with Crippen LogP contribution in [0.3, 0.4) is 0 Å². The standard InChI is InChI=1S/C28H30N2O7S2/c1-4-36-28(34)25-21(16-23(39-25)18-10-6-5-7-11-18)29-24(31)17-37-27(33)20(14-15-38-3)30-26(32)19-12-8-9-13-22(19)35-2/h5-13,16,20H,4,14-15,17H2,1-3H3,(H,29,31)(H,30,32)/t20-/m0/s1. The molecule has 2 aromatic carbocycles. The van der Waals surface area contributed by atoms with Crippen LogP contribution < -0.4 is 15.4 Å². The van der Waals surface area contributed by atoms with Crippen molar-refractivity contribution in [1.82, 2.24) is 5.32 Å². The third-order valence-electron chi connectivity index (χ3n) is 5.42. The van der Waals surface area contributed by atoms with Crippen LogP contribution in [0.4, 0.5) is 5.69 Å². The zero-order chi connectivity index (χ0) is 28.2. The van der Waals surface area contributed by atoms with Crippen molar-refractivity contribution >= 4 is 52.5 Å². The van der Waals surface area contributed by atoms with Crippen molar-refractivity contribution in [2.24, 2.45) is 0 Å². The maximum absolute atomic E-state index is 12.8. The molecule has 1 heterocycles. The van der Waals surface area contributed by atoms with Gasteiger partial charge in [0.2, 0.25) is 0 Å². The number of hydrogen-bond acceptors (Lipinski definition) is 9. The van der Waals surface area contributed by atoms with Crippen LogP contribution in [0, 0.1) is 0 Å². The third-order valence-corrected chi connectivity index (χ3v) is 7.23. The molecule has 11 heteroatoms. The zero-order valence-electron chi connectivity index (χ0n) is 21.9. The van der Waals surface area contributed by atoms with Crippen LogP contribution in [0.5, 0.6) is 5.75 Å². The maximum Gasteiger partial charge on any atom is 0.350 e. The van der Waals surface area contributed by atoms with Crippen LogP contribution in [-0.2, 0) is 19.1 Å². The highest BCUT2D eigenvalue weighted by Crippen LogP contribution is 2.35. The lowest BCUT2D eigenvalue weighted by molar-refractivity contribution is -0.149. The second kappa shape index (κ2) is 14.9. The Morgan fingerprint density at radius 1 is 1.00 bits per heavy atom. The maximum atomic E-state index is 12.8. The van der Waals surface area contributed by atoms with Gasteiger partial charge in [-0.2, -0.15) is 11.8 Å². The first kappa shape index (κ1) is 29.7. The highest BCUT2D eigenvalue weighted by atomic mass is 32.2. The monoisotopic (exact) mass is 570 g/mol. The van der Waals surface area contributed by atoms with E-state index in [0.29, 0.717) is 17.9 Å². The fourth-order valence-electron chi connectivity index (χ4n) is 3.55. The molecule has 1 aromatic heterocycles. The molecular formula is C28H30N2O7S2. The summed E-state index contributed by atoms with van der Waals surface area (Å²) in [6.07, 6.45) is 2.18. The quantitative estimate of drug-likeness (QED) is 0.286. The predicted molar refractivity (Wildman–Crippen MR) is 153 cm³/mol. The van der Waals surface area contributed by atoms with Gasteiger partial charge < -0.3 is 24.8 Å². The van der Waals surface area contributed by atoms with Crippen molar-refractivity contribution in [2.45, 2.75) is 19.4 Å². The summed E-state index contributed by atoms with van der Waals surface area (Å²) < 4.78 is 15.6. The molecular weight excluding hydrogens is 540 g/mol. The summed E-state index contributed by atoms with van der Waals surface area (Å²) in [4.78, 5) is 51.9. The summed E-state index contributed by atoms with van der Waals surface area (Å²) in [5.41, 5.74) is 1.42. The molecule has 0 aliphatic rings. The highest BCUT2D eigenvalue weighted by molar-refractivity contribution is 7.98. The van der Waals surface area contributed by atoms with Gasteiger partial charge in [0, 0.05) is 4.88 Å². The van der Waals surface area contributed by atoms with Crippen LogP contribution >= 0.6 is 23.1 Å². The first-order valence-electron chi connectivity index (χ1n) is 12.1. The molecule has 39 heavy (non-hydrogen) atoms. The number of rotatable bonds is 13. The van der Waals surface area contributed by atoms with Crippen molar-refractivity contribution in [3.05, 3.63) is 71.1 Å². The molecule has 2 amide bonds. The molecule has 1 atom stereocenters. The fraction of sp³-hybridized carbons (Fsp3) is 0.286. The molecule has 3 rings (SSSR count). The van der Waals surface area contributed by atoms with Gasteiger partial charge in [-0.1, -0.05) is 42.5 Å². The number of esters is 2. The van der Waals surface area contributed by atoms with Crippen molar-refractivity contribution in [1.29, 1.82) is 0 Å². The Kier molecular flexibility index (Phi) is 11.4. The Labute approximate surface area is 235 Å². The lowest BCUT2D eigenvalue weighted by atomic mass is 10.1. The molecule has 0 spiro atoms. The molecule has 0 aliphatic heterocycles. The molecule has 0 saturated carbocycles. The van der Waals surface area contributed by atoms with E-state index in [0.717, 1.165) is 10.4 Å². The number of amides is 2. The minimum Gasteiger partial charge on any atom is -0.496 e. The number of nitrogens with one attached hydrogen (secondary N) is 2. The molecule has 3 aromatic rings. The Balaban J connectivity index is 1.68. The molecule has 9 nitrogen and oxygen atoms in total. The van der Waals surface area contributed by atoms with Crippen molar-refractivity contribution in [2.75, 3.05) is 37.6 Å². The van der Waals surface area contributed by atoms with Gasteiger partial charge in [-0.25, -0.2) is 9.59 Å². The lowest BCUT2D eigenvalue weighted by Crippen LogP contribution is -2.43. The smallest absolute Gasteiger partial charge is 0.350 e. The van der Waals surface area contributed by atoms with Gasteiger partial charge in [0.25, 0.3) is 11.8 Å². The van der Waals surface area contributed by atoms with E-state index in [9.17, 15) is 19.2 Å². The third kappa shape index (κ3) is 8.33. The Morgan fingerprint density at radius 2 is 1.72 bits per heavy atom. The van der Waals surface area contributed by atoms with Crippen molar-refractivity contribution in [3.8, 4) is 16.2 Å². The average molecular weight is 571 g/mol. The van der Waals surface area contributed by atoms with Gasteiger partial charge in [0.05, 0.1) is 25.0 Å². The van der Waals surface area contributed by atoms with Gasteiger partial charge in [-0.05, 0) is 49.1 Å². The first-order valence-corrected chi connectivity index (χ1v) is 14.3. The van der Waals surface area contributed by atoms with E-state index in [4.69, 9.17) is 14.2 Å². The molecule has 2 N–H and O–H groups in total. The number of hydrogen-bond donors (Lipinski definition) is 2. The average Bonchev–Trinajstić information content (AvgIpc) is 3.38. The van der Waals surface area contributed by atoms with Crippen LogP contribution in [0.15, 0.2) is 60.7 Å². The van der Waals surface area contributed by atoms with Gasteiger partial charge in [-0.3, -0.25) is 9.59 Å². The Bertz CT molecular complexity index is 1290. The Morgan fingerprint density at radius 3 is 2.41 bits per heavy atom. The number of thioether (sulfide) groups is 1. The van der Waals surface area contributed by atoms with E-state index >= 15 is 0 Å². The molecule has 0 aliphatic carbocycles. The van der Waals surface area contributed by atoms with Crippen LogP contribution in [0.2, 0.25) is 0 Å². The van der Waals surface area contributed by atoms with Gasteiger partial charge in [-0.15, -0.1) is 11.3 Å². The van der Waals surface area contributed by atoms with E-state index in [-0.39, 0.29) is 22.7 Å². The topological polar surface area (TPSA) is 120 Å². The van der Waals surface area contributed by atoms with E-state index < -0.39 is 36.4 Å². The van der Waals surface area contributed by atoms with Crippen LogP contribution in [0.25, 0.3) is 10.4 Å². The second-order valence-electron chi connectivity index (χ2n) is 8.10. The number of thiophene rings is 1. The minimum absolute atomic E-state index is 0.181. The largest absolute Gasteiger partial charge is 0.496 e. The lowest BCUT2D eigenvalue weighted by Gasteiger charge is -2.18. The predicted octanol–water partition coefficient (Wildman–Crippen LogP) is 4.63. The number of benzene rings is 2. The second-order valence-corrected chi connectivity index (χ2v) is 10.1. The molecule has 0 radical (unpaired) electrons. The SMILES string of the molecule is CCOC(=O)c1sc(-c2ccccc2)cc1NC(=O)COC(=O)[C@H](CCSC)NC(=O)c1ccccc1OC. The van der Waals surface area contributed by atoms with Crippen LogP contribution in [0.1, 0.15) is 33.4 Å². The number of carbonyl (C=O) groups excluding carboxylic acids is 4. The molecule has 0 bridgehead atoms. The number of carbonyl (C=O) groups is 4. The van der Waals surface area contributed by atoms with Gasteiger partial charge >= 0.3 is 11.9 Å². The van der Waals surface area contributed by atoms with Crippen molar-refractivity contribution < 1.29 is 33.4 Å². The summed E-state index contributed by atoms with van der Waals surface area (Å²) in [7, 11) is 1.45. The first-order chi connectivity index (χ1) is 18.9. The van der Waals surface area contributed by atoms with E-state index in [1.165, 1.54) is 30.2 Å². The van der Waals surface area contributed by atoms with E-state index in [1.807, 2.05) is 36.6 Å². The summed E-state index contributed by atoms with van der Waals surface area (Å²) in [6, 6.07) is 16.8. The van der Waals surface area contributed by atoms with Gasteiger partial charge in [0.1, 0.15) is 16.7 Å². The number of methoxy groups -OCH3 is 1. The summed E-state index contributed by atoms with van der Waals surface area (Å²) >= 11 is 2.70. The molecule has 0 saturated heterocycles. The number of ether oxygens (including phenoxy) is 3. The minimum atomic E-state index is -0.969. The summed E-state index contributed by atoms with van der Waals surface area (Å²) in [6.45, 7) is 1.28. The normalized spacial score (nSPS) is 11.3. The van der Waals surface area contributed by atoms with Gasteiger partial charge in [0.15, 0.2) is 6.61 Å². The molecule has 0 unspecified atom stereocenters. The van der Waals surface area contributed by atoms with E-state index in [2.05, 4.69) is 10.6 Å². The van der Waals surface area contributed by atoms with Crippen molar-refractivity contribution in [3.63, 3.8) is 0 Å².